The average molecular weight is 235 g/mol. The van der Waals surface area contributed by atoms with Gasteiger partial charge in [0.15, 0.2) is 0 Å². The number of hydrogen-bond donors (Lipinski definition) is 1. The van der Waals surface area contributed by atoms with Crippen LogP contribution >= 0.6 is 0 Å². The average Bonchev–Trinajstić information content (AvgIpc) is 2.34. The smallest absolute Gasteiger partial charge is 0.272 e. The Labute approximate surface area is 103 Å². The van der Waals surface area contributed by atoms with Gasteiger partial charge >= 0.3 is 0 Å². The molecule has 4 nitrogen and oxygen atoms in total. The number of carbonyl (C=O) groups is 1. The molecule has 0 radical (unpaired) electrons. The minimum absolute atomic E-state index is 0.0171. The molecule has 0 aromatic carbocycles. The van der Waals surface area contributed by atoms with Crippen molar-refractivity contribution in [2.75, 3.05) is 19.6 Å². The van der Waals surface area contributed by atoms with E-state index in [2.05, 4.69) is 4.98 Å². The zero-order chi connectivity index (χ0) is 12.8. The number of nitrogens with zero attached hydrogens (tertiary/aromatic N) is 2. The standard InChI is InChI=1S/C13H21N3O/c1-4-16(9-10(2)8-14)13(17)12-7-5-6-11(3)15-12/h5-7,10H,4,8-9,14H2,1-3H3. The Bertz CT molecular complexity index is 379. The first-order valence-electron chi connectivity index (χ1n) is 6.01. The van der Waals surface area contributed by atoms with Crippen molar-refractivity contribution >= 4 is 5.91 Å². The lowest BCUT2D eigenvalue weighted by Crippen LogP contribution is -2.37. The third-order valence-corrected chi connectivity index (χ3v) is 2.71. The van der Waals surface area contributed by atoms with Gasteiger partial charge in [0.1, 0.15) is 5.69 Å². The summed E-state index contributed by atoms with van der Waals surface area (Å²) in [7, 11) is 0. The molecule has 1 aromatic heterocycles. The van der Waals surface area contributed by atoms with E-state index in [9.17, 15) is 4.79 Å². The maximum atomic E-state index is 12.2. The number of rotatable bonds is 5. The third kappa shape index (κ3) is 3.82. The molecule has 1 aromatic rings. The van der Waals surface area contributed by atoms with E-state index in [0.29, 0.717) is 31.2 Å². The first-order chi connectivity index (χ1) is 8.08. The van der Waals surface area contributed by atoms with Gasteiger partial charge in [0.2, 0.25) is 0 Å². The number of aryl methyl sites for hydroxylation is 1. The highest BCUT2D eigenvalue weighted by atomic mass is 16.2. The van der Waals surface area contributed by atoms with E-state index < -0.39 is 0 Å². The Kier molecular flexibility index (Phi) is 5.10. The van der Waals surface area contributed by atoms with Crippen molar-refractivity contribution in [2.24, 2.45) is 11.7 Å². The molecule has 0 bridgehead atoms. The number of carbonyl (C=O) groups excluding carboxylic acids is 1. The molecule has 1 heterocycles. The largest absolute Gasteiger partial charge is 0.337 e. The fourth-order valence-electron chi connectivity index (χ4n) is 1.63. The quantitative estimate of drug-likeness (QED) is 0.840. The van der Waals surface area contributed by atoms with Crippen LogP contribution in [0, 0.1) is 12.8 Å². The van der Waals surface area contributed by atoms with Crippen molar-refractivity contribution < 1.29 is 4.79 Å². The first-order valence-corrected chi connectivity index (χ1v) is 6.01. The predicted molar refractivity (Wildman–Crippen MR) is 68.8 cm³/mol. The lowest BCUT2D eigenvalue weighted by molar-refractivity contribution is 0.0737. The number of amides is 1. The van der Waals surface area contributed by atoms with Gasteiger partial charge in [0.05, 0.1) is 0 Å². The maximum Gasteiger partial charge on any atom is 0.272 e. The molecule has 1 amide bonds. The number of aromatic nitrogens is 1. The molecule has 0 spiro atoms. The highest BCUT2D eigenvalue weighted by Gasteiger charge is 2.17. The zero-order valence-corrected chi connectivity index (χ0v) is 10.8. The summed E-state index contributed by atoms with van der Waals surface area (Å²) in [6.45, 7) is 7.84. The summed E-state index contributed by atoms with van der Waals surface area (Å²) < 4.78 is 0. The molecule has 1 unspecified atom stereocenters. The second-order valence-corrected chi connectivity index (χ2v) is 4.35. The SMILES string of the molecule is CCN(CC(C)CN)C(=O)c1cccc(C)n1. The van der Waals surface area contributed by atoms with Crippen LogP contribution in [0.1, 0.15) is 30.0 Å². The molecular weight excluding hydrogens is 214 g/mol. The van der Waals surface area contributed by atoms with Gasteiger partial charge in [-0.2, -0.15) is 0 Å². The summed E-state index contributed by atoms with van der Waals surface area (Å²) >= 11 is 0. The Morgan fingerprint density at radius 2 is 2.24 bits per heavy atom. The van der Waals surface area contributed by atoms with Gasteiger partial charge in [-0.25, -0.2) is 4.98 Å². The second kappa shape index (κ2) is 6.35. The molecule has 17 heavy (non-hydrogen) atoms. The fraction of sp³-hybridized carbons (Fsp3) is 0.538. The van der Waals surface area contributed by atoms with Crippen molar-refractivity contribution in [1.82, 2.24) is 9.88 Å². The minimum atomic E-state index is -0.0171. The Balaban J connectivity index is 2.79. The van der Waals surface area contributed by atoms with Gasteiger partial charge in [0.25, 0.3) is 5.91 Å². The number of pyridine rings is 1. The van der Waals surface area contributed by atoms with Crippen LogP contribution < -0.4 is 5.73 Å². The highest BCUT2D eigenvalue weighted by molar-refractivity contribution is 5.92. The van der Waals surface area contributed by atoms with E-state index in [4.69, 9.17) is 5.73 Å². The van der Waals surface area contributed by atoms with Crippen LogP contribution in [0.25, 0.3) is 0 Å². The topological polar surface area (TPSA) is 59.2 Å². The lowest BCUT2D eigenvalue weighted by Gasteiger charge is -2.23. The van der Waals surface area contributed by atoms with Crippen LogP contribution in [0.2, 0.25) is 0 Å². The predicted octanol–water partition coefficient (Wildman–Crippen LogP) is 1.45. The molecule has 1 rings (SSSR count). The zero-order valence-electron chi connectivity index (χ0n) is 10.8. The molecule has 0 aliphatic rings. The summed E-state index contributed by atoms with van der Waals surface area (Å²) in [6, 6.07) is 5.50. The normalized spacial score (nSPS) is 12.2. The molecule has 2 N–H and O–H groups in total. The van der Waals surface area contributed by atoms with Crippen molar-refractivity contribution in [1.29, 1.82) is 0 Å². The van der Waals surface area contributed by atoms with Gasteiger partial charge < -0.3 is 10.6 Å². The summed E-state index contributed by atoms with van der Waals surface area (Å²) in [6.07, 6.45) is 0. The Hall–Kier alpha value is -1.42. The first kappa shape index (κ1) is 13.6. The Morgan fingerprint density at radius 1 is 1.53 bits per heavy atom. The Morgan fingerprint density at radius 3 is 2.76 bits per heavy atom. The van der Waals surface area contributed by atoms with Crippen LogP contribution in [0.4, 0.5) is 0 Å². The molecule has 1 atom stereocenters. The monoisotopic (exact) mass is 235 g/mol. The molecule has 0 aliphatic carbocycles. The van der Waals surface area contributed by atoms with Crippen molar-refractivity contribution in [3.05, 3.63) is 29.6 Å². The van der Waals surface area contributed by atoms with Crippen LogP contribution in [0.3, 0.4) is 0 Å². The van der Waals surface area contributed by atoms with Gasteiger partial charge in [-0.3, -0.25) is 4.79 Å². The molecule has 0 aliphatic heterocycles. The van der Waals surface area contributed by atoms with E-state index in [0.717, 1.165) is 5.69 Å². The number of hydrogen-bond acceptors (Lipinski definition) is 3. The second-order valence-electron chi connectivity index (χ2n) is 4.35. The molecular formula is C13H21N3O. The third-order valence-electron chi connectivity index (χ3n) is 2.71. The van der Waals surface area contributed by atoms with E-state index in [1.165, 1.54) is 0 Å². The summed E-state index contributed by atoms with van der Waals surface area (Å²) in [4.78, 5) is 18.2. The highest BCUT2D eigenvalue weighted by Crippen LogP contribution is 2.06. The minimum Gasteiger partial charge on any atom is -0.337 e. The van der Waals surface area contributed by atoms with Gasteiger partial charge in [-0.15, -0.1) is 0 Å². The number of nitrogens with two attached hydrogens (primary N) is 1. The van der Waals surface area contributed by atoms with E-state index in [1.54, 1.807) is 11.0 Å². The van der Waals surface area contributed by atoms with Gasteiger partial charge in [-0.1, -0.05) is 13.0 Å². The van der Waals surface area contributed by atoms with Gasteiger partial charge in [-0.05, 0) is 38.4 Å². The summed E-state index contributed by atoms with van der Waals surface area (Å²) in [5.74, 6) is 0.292. The van der Waals surface area contributed by atoms with Crippen molar-refractivity contribution in [3.63, 3.8) is 0 Å². The molecule has 4 heteroatoms. The van der Waals surface area contributed by atoms with Crippen LogP contribution in [-0.4, -0.2) is 35.4 Å². The van der Waals surface area contributed by atoms with Crippen LogP contribution in [0.5, 0.6) is 0 Å². The molecule has 94 valence electrons. The maximum absolute atomic E-state index is 12.2. The molecule has 0 saturated carbocycles. The summed E-state index contributed by atoms with van der Waals surface area (Å²) in [5, 5.41) is 0. The lowest BCUT2D eigenvalue weighted by atomic mass is 10.1. The van der Waals surface area contributed by atoms with Crippen LogP contribution in [0.15, 0.2) is 18.2 Å². The van der Waals surface area contributed by atoms with Gasteiger partial charge in [0, 0.05) is 18.8 Å². The molecule has 0 saturated heterocycles. The van der Waals surface area contributed by atoms with E-state index in [1.807, 2.05) is 32.9 Å². The molecule has 0 fully saturated rings. The fourth-order valence-corrected chi connectivity index (χ4v) is 1.63. The van der Waals surface area contributed by atoms with Crippen LogP contribution in [-0.2, 0) is 0 Å². The van der Waals surface area contributed by atoms with E-state index >= 15 is 0 Å². The van der Waals surface area contributed by atoms with E-state index in [-0.39, 0.29) is 5.91 Å². The summed E-state index contributed by atoms with van der Waals surface area (Å²) in [5.41, 5.74) is 6.95. The van der Waals surface area contributed by atoms with Crippen molar-refractivity contribution in [3.8, 4) is 0 Å². The van der Waals surface area contributed by atoms with Crippen molar-refractivity contribution in [2.45, 2.75) is 20.8 Å².